The highest BCUT2D eigenvalue weighted by molar-refractivity contribution is 5.77. The second-order valence-corrected chi connectivity index (χ2v) is 6.02. The number of amides is 1. The molecular weight excluding hydrogens is 236 g/mol. The van der Waals surface area contributed by atoms with Crippen molar-refractivity contribution in [1.29, 1.82) is 0 Å². The highest BCUT2D eigenvalue weighted by Crippen LogP contribution is 2.26. The highest BCUT2D eigenvalue weighted by Gasteiger charge is 2.25. The van der Waals surface area contributed by atoms with E-state index in [4.69, 9.17) is 0 Å². The van der Waals surface area contributed by atoms with Gasteiger partial charge in [-0.2, -0.15) is 0 Å². The Balaban J connectivity index is 1.90. The Bertz CT molecular complexity index is 408. The Labute approximate surface area is 115 Å². The summed E-state index contributed by atoms with van der Waals surface area (Å²) in [6, 6.07) is 10.6. The van der Waals surface area contributed by atoms with Crippen molar-refractivity contribution in [3.05, 3.63) is 35.9 Å². The van der Waals surface area contributed by atoms with E-state index in [1.807, 2.05) is 18.2 Å². The topological polar surface area (TPSA) is 41.1 Å². The van der Waals surface area contributed by atoms with Gasteiger partial charge in [0.15, 0.2) is 0 Å². The molecule has 1 heterocycles. The summed E-state index contributed by atoms with van der Waals surface area (Å²) in [5, 5.41) is 6.48. The molecule has 1 aromatic rings. The SMILES string of the molecule is CC(C)(CC(=O)NC1CCNCC1)c1ccccc1. The number of benzene rings is 1. The predicted octanol–water partition coefficient (Wildman–Crippen LogP) is 2.22. The van der Waals surface area contributed by atoms with Crippen LogP contribution in [0, 0.1) is 0 Å². The summed E-state index contributed by atoms with van der Waals surface area (Å²) in [5.74, 6) is 0.167. The second kappa shape index (κ2) is 6.20. The third kappa shape index (κ3) is 4.06. The van der Waals surface area contributed by atoms with E-state index in [0.717, 1.165) is 25.9 Å². The summed E-state index contributed by atoms with van der Waals surface area (Å²) in [6.07, 6.45) is 2.62. The predicted molar refractivity (Wildman–Crippen MR) is 78.1 cm³/mol. The largest absolute Gasteiger partial charge is 0.353 e. The molecule has 0 atom stereocenters. The molecule has 104 valence electrons. The van der Waals surface area contributed by atoms with Crippen molar-refractivity contribution in [2.75, 3.05) is 13.1 Å². The molecule has 19 heavy (non-hydrogen) atoms. The van der Waals surface area contributed by atoms with Crippen LogP contribution in [-0.2, 0) is 10.2 Å². The van der Waals surface area contributed by atoms with Gasteiger partial charge in [0, 0.05) is 12.5 Å². The number of rotatable bonds is 4. The van der Waals surface area contributed by atoms with Crippen LogP contribution in [0.15, 0.2) is 30.3 Å². The number of piperidine rings is 1. The van der Waals surface area contributed by atoms with Crippen molar-refractivity contribution >= 4 is 5.91 Å². The van der Waals surface area contributed by atoms with Gasteiger partial charge in [0.2, 0.25) is 5.91 Å². The minimum Gasteiger partial charge on any atom is -0.353 e. The van der Waals surface area contributed by atoms with Gasteiger partial charge in [-0.05, 0) is 36.9 Å². The average molecular weight is 260 g/mol. The van der Waals surface area contributed by atoms with Crippen molar-refractivity contribution in [3.63, 3.8) is 0 Å². The van der Waals surface area contributed by atoms with Crippen LogP contribution in [0.25, 0.3) is 0 Å². The molecule has 0 saturated carbocycles. The number of hydrogen-bond donors (Lipinski definition) is 2. The van der Waals surface area contributed by atoms with Gasteiger partial charge < -0.3 is 10.6 Å². The summed E-state index contributed by atoms with van der Waals surface area (Å²) in [4.78, 5) is 12.2. The summed E-state index contributed by atoms with van der Waals surface area (Å²) < 4.78 is 0. The Kier molecular flexibility index (Phi) is 4.59. The summed E-state index contributed by atoms with van der Waals surface area (Å²) in [5.41, 5.74) is 1.11. The lowest BCUT2D eigenvalue weighted by Gasteiger charge is -2.28. The maximum absolute atomic E-state index is 12.2. The van der Waals surface area contributed by atoms with Crippen molar-refractivity contribution in [2.24, 2.45) is 0 Å². The lowest BCUT2D eigenvalue weighted by atomic mass is 9.81. The normalized spacial score (nSPS) is 17.2. The molecule has 1 saturated heterocycles. The van der Waals surface area contributed by atoms with E-state index in [1.165, 1.54) is 5.56 Å². The first-order valence-corrected chi connectivity index (χ1v) is 7.13. The molecular formula is C16H24N2O. The van der Waals surface area contributed by atoms with Crippen LogP contribution in [-0.4, -0.2) is 25.0 Å². The van der Waals surface area contributed by atoms with Gasteiger partial charge in [-0.3, -0.25) is 4.79 Å². The molecule has 0 aliphatic carbocycles. The van der Waals surface area contributed by atoms with Crippen LogP contribution >= 0.6 is 0 Å². The molecule has 1 aliphatic heterocycles. The van der Waals surface area contributed by atoms with Crippen molar-refractivity contribution < 1.29 is 4.79 Å². The van der Waals surface area contributed by atoms with Crippen LogP contribution in [0.5, 0.6) is 0 Å². The van der Waals surface area contributed by atoms with Crippen molar-refractivity contribution in [2.45, 2.75) is 44.6 Å². The molecule has 1 fully saturated rings. The summed E-state index contributed by atoms with van der Waals surface area (Å²) >= 11 is 0. The quantitative estimate of drug-likeness (QED) is 0.871. The smallest absolute Gasteiger partial charge is 0.221 e. The molecule has 3 nitrogen and oxygen atoms in total. The first kappa shape index (κ1) is 14.1. The first-order chi connectivity index (χ1) is 9.08. The molecule has 3 heteroatoms. The minimum atomic E-state index is -0.113. The molecule has 2 N–H and O–H groups in total. The van der Waals surface area contributed by atoms with E-state index in [0.29, 0.717) is 12.5 Å². The lowest BCUT2D eigenvalue weighted by Crippen LogP contribution is -2.44. The lowest BCUT2D eigenvalue weighted by molar-refractivity contribution is -0.123. The third-order valence-corrected chi connectivity index (χ3v) is 3.86. The van der Waals surface area contributed by atoms with E-state index >= 15 is 0 Å². The fourth-order valence-electron chi connectivity index (χ4n) is 2.64. The van der Waals surface area contributed by atoms with Gasteiger partial charge in [0.05, 0.1) is 0 Å². The third-order valence-electron chi connectivity index (χ3n) is 3.86. The van der Waals surface area contributed by atoms with Gasteiger partial charge in [0.25, 0.3) is 0 Å². The zero-order valence-electron chi connectivity index (χ0n) is 11.9. The second-order valence-electron chi connectivity index (χ2n) is 6.02. The summed E-state index contributed by atoms with van der Waals surface area (Å²) in [6.45, 7) is 6.27. The Morgan fingerprint density at radius 2 is 1.89 bits per heavy atom. The maximum Gasteiger partial charge on any atom is 0.221 e. The Morgan fingerprint density at radius 3 is 2.53 bits per heavy atom. The molecule has 1 aliphatic rings. The fourth-order valence-corrected chi connectivity index (χ4v) is 2.64. The highest BCUT2D eigenvalue weighted by atomic mass is 16.1. The molecule has 2 rings (SSSR count). The van der Waals surface area contributed by atoms with E-state index in [1.54, 1.807) is 0 Å². The van der Waals surface area contributed by atoms with Crippen LogP contribution in [0.4, 0.5) is 0 Å². The van der Waals surface area contributed by atoms with Gasteiger partial charge in [-0.15, -0.1) is 0 Å². The molecule has 0 unspecified atom stereocenters. The van der Waals surface area contributed by atoms with Crippen LogP contribution in [0.2, 0.25) is 0 Å². The molecule has 1 aromatic carbocycles. The molecule has 0 aromatic heterocycles. The number of hydrogen-bond acceptors (Lipinski definition) is 2. The molecule has 0 bridgehead atoms. The zero-order chi connectivity index (χ0) is 13.7. The van der Waals surface area contributed by atoms with E-state index in [2.05, 4.69) is 36.6 Å². The molecule has 0 spiro atoms. The van der Waals surface area contributed by atoms with Gasteiger partial charge >= 0.3 is 0 Å². The zero-order valence-corrected chi connectivity index (χ0v) is 11.9. The average Bonchev–Trinajstić information content (AvgIpc) is 2.40. The van der Waals surface area contributed by atoms with Crippen LogP contribution in [0.3, 0.4) is 0 Å². The number of carbonyl (C=O) groups excluding carboxylic acids is 1. The Hall–Kier alpha value is -1.35. The molecule has 1 amide bonds. The standard InChI is InChI=1S/C16H24N2O/c1-16(2,13-6-4-3-5-7-13)12-15(19)18-14-8-10-17-11-9-14/h3-7,14,17H,8-12H2,1-2H3,(H,18,19). The maximum atomic E-state index is 12.2. The monoisotopic (exact) mass is 260 g/mol. The van der Waals surface area contributed by atoms with Gasteiger partial charge in [-0.1, -0.05) is 44.2 Å². The van der Waals surface area contributed by atoms with E-state index in [-0.39, 0.29) is 11.3 Å². The van der Waals surface area contributed by atoms with E-state index in [9.17, 15) is 4.79 Å². The fraction of sp³-hybridized carbons (Fsp3) is 0.562. The van der Waals surface area contributed by atoms with Crippen molar-refractivity contribution in [1.82, 2.24) is 10.6 Å². The Morgan fingerprint density at radius 1 is 1.26 bits per heavy atom. The summed E-state index contributed by atoms with van der Waals surface area (Å²) in [7, 11) is 0. The van der Waals surface area contributed by atoms with Gasteiger partial charge in [-0.25, -0.2) is 0 Å². The molecule has 0 radical (unpaired) electrons. The van der Waals surface area contributed by atoms with Crippen LogP contribution in [0.1, 0.15) is 38.7 Å². The first-order valence-electron chi connectivity index (χ1n) is 7.13. The van der Waals surface area contributed by atoms with Gasteiger partial charge in [0.1, 0.15) is 0 Å². The van der Waals surface area contributed by atoms with Crippen molar-refractivity contribution in [3.8, 4) is 0 Å². The minimum absolute atomic E-state index is 0.113. The van der Waals surface area contributed by atoms with E-state index < -0.39 is 0 Å². The van der Waals surface area contributed by atoms with Crippen LogP contribution < -0.4 is 10.6 Å². The number of nitrogens with one attached hydrogen (secondary N) is 2. The number of carbonyl (C=O) groups is 1.